The number of piperazine rings is 1. The van der Waals surface area contributed by atoms with E-state index in [0.717, 1.165) is 25.3 Å². The Morgan fingerprint density at radius 2 is 2.17 bits per heavy atom. The molecule has 1 unspecified atom stereocenters. The fraction of sp³-hybridized carbons (Fsp3) is 0.500. The summed E-state index contributed by atoms with van der Waals surface area (Å²) < 4.78 is 0. The van der Waals surface area contributed by atoms with Crippen LogP contribution >= 0.6 is 0 Å². The van der Waals surface area contributed by atoms with Gasteiger partial charge in [-0.3, -0.25) is 4.90 Å². The largest absolute Gasteiger partial charge is 0.399 e. The number of nitriles is 1. The van der Waals surface area contributed by atoms with Gasteiger partial charge in [0, 0.05) is 31.4 Å². The van der Waals surface area contributed by atoms with E-state index in [1.54, 1.807) is 6.07 Å². The van der Waals surface area contributed by atoms with Gasteiger partial charge in [0.15, 0.2) is 0 Å². The molecule has 18 heavy (non-hydrogen) atoms. The molecule has 2 fully saturated rings. The first-order valence-electron chi connectivity index (χ1n) is 6.56. The Morgan fingerprint density at radius 1 is 1.28 bits per heavy atom. The summed E-state index contributed by atoms with van der Waals surface area (Å²) in [7, 11) is 0. The van der Waals surface area contributed by atoms with Gasteiger partial charge in [-0.2, -0.15) is 5.26 Å². The Bertz CT molecular complexity index is 491. The molecule has 0 spiro atoms. The smallest absolute Gasteiger partial charge is 0.101 e. The van der Waals surface area contributed by atoms with E-state index in [2.05, 4.69) is 15.9 Å². The number of hydrogen-bond donors (Lipinski definition) is 1. The van der Waals surface area contributed by atoms with Crippen LogP contribution in [0.2, 0.25) is 0 Å². The molecular formula is C14H18N4. The molecule has 4 nitrogen and oxygen atoms in total. The van der Waals surface area contributed by atoms with E-state index in [9.17, 15) is 5.26 Å². The first-order valence-corrected chi connectivity index (χ1v) is 6.56. The van der Waals surface area contributed by atoms with Crippen molar-refractivity contribution in [2.75, 3.05) is 36.8 Å². The van der Waals surface area contributed by atoms with E-state index >= 15 is 0 Å². The van der Waals surface area contributed by atoms with Crippen LogP contribution in [-0.4, -0.2) is 37.1 Å². The summed E-state index contributed by atoms with van der Waals surface area (Å²) in [6, 6.07) is 8.57. The first kappa shape index (κ1) is 11.4. The Morgan fingerprint density at radius 3 is 3.00 bits per heavy atom. The lowest BCUT2D eigenvalue weighted by Gasteiger charge is -2.39. The van der Waals surface area contributed by atoms with Crippen LogP contribution in [0.1, 0.15) is 18.4 Å². The minimum absolute atomic E-state index is 0.662. The van der Waals surface area contributed by atoms with Crippen molar-refractivity contribution < 1.29 is 0 Å². The number of fused-ring (bicyclic) bond motifs is 1. The lowest BCUT2D eigenvalue weighted by Crippen LogP contribution is -2.50. The van der Waals surface area contributed by atoms with E-state index in [1.165, 1.54) is 19.4 Å². The Balaban J connectivity index is 1.85. The van der Waals surface area contributed by atoms with Crippen molar-refractivity contribution in [2.24, 2.45) is 0 Å². The van der Waals surface area contributed by atoms with Gasteiger partial charge in [0.2, 0.25) is 0 Å². The SMILES string of the molecule is N#Cc1cc(N)ccc1N1CCN2CCCC2C1. The molecule has 0 saturated carbocycles. The lowest BCUT2D eigenvalue weighted by atomic mass is 10.1. The summed E-state index contributed by atoms with van der Waals surface area (Å²) in [5.41, 5.74) is 8.14. The summed E-state index contributed by atoms with van der Waals surface area (Å²) in [4.78, 5) is 4.91. The monoisotopic (exact) mass is 242 g/mol. The second-order valence-electron chi connectivity index (χ2n) is 5.17. The zero-order valence-electron chi connectivity index (χ0n) is 10.5. The van der Waals surface area contributed by atoms with E-state index in [0.29, 0.717) is 17.3 Å². The van der Waals surface area contributed by atoms with Gasteiger partial charge >= 0.3 is 0 Å². The molecule has 3 rings (SSSR count). The second-order valence-corrected chi connectivity index (χ2v) is 5.17. The maximum absolute atomic E-state index is 9.22. The van der Waals surface area contributed by atoms with Crippen LogP contribution in [0.3, 0.4) is 0 Å². The van der Waals surface area contributed by atoms with Crippen molar-refractivity contribution in [3.05, 3.63) is 23.8 Å². The summed E-state index contributed by atoms with van der Waals surface area (Å²) >= 11 is 0. The molecule has 0 aromatic heterocycles. The minimum atomic E-state index is 0.662. The molecular weight excluding hydrogens is 224 g/mol. The van der Waals surface area contributed by atoms with Crippen LogP contribution in [-0.2, 0) is 0 Å². The Hall–Kier alpha value is -1.73. The standard InChI is InChI=1S/C14H18N4/c15-9-11-8-12(16)3-4-14(11)18-7-6-17-5-1-2-13(17)10-18/h3-4,8,13H,1-2,5-7,10,16H2. The molecule has 2 saturated heterocycles. The van der Waals surface area contributed by atoms with Gasteiger partial charge in [-0.1, -0.05) is 0 Å². The number of hydrogen-bond acceptors (Lipinski definition) is 4. The summed E-state index contributed by atoms with van der Waals surface area (Å²) in [5, 5.41) is 9.22. The number of benzene rings is 1. The average molecular weight is 242 g/mol. The maximum Gasteiger partial charge on any atom is 0.101 e. The van der Waals surface area contributed by atoms with Crippen LogP contribution in [0, 0.1) is 11.3 Å². The van der Waals surface area contributed by atoms with Crippen molar-refractivity contribution in [1.82, 2.24) is 4.90 Å². The molecule has 0 radical (unpaired) electrons. The molecule has 0 aliphatic carbocycles. The third-order valence-corrected chi connectivity index (χ3v) is 4.07. The number of rotatable bonds is 1. The van der Waals surface area contributed by atoms with E-state index in [1.807, 2.05) is 12.1 Å². The van der Waals surface area contributed by atoms with Crippen molar-refractivity contribution in [2.45, 2.75) is 18.9 Å². The quantitative estimate of drug-likeness (QED) is 0.757. The van der Waals surface area contributed by atoms with Crippen LogP contribution in [0.4, 0.5) is 11.4 Å². The highest BCUT2D eigenvalue weighted by Gasteiger charge is 2.31. The third kappa shape index (κ3) is 1.91. The highest BCUT2D eigenvalue weighted by Crippen LogP contribution is 2.28. The van der Waals surface area contributed by atoms with Crippen molar-refractivity contribution in [3.63, 3.8) is 0 Å². The second kappa shape index (κ2) is 4.51. The molecule has 4 heteroatoms. The molecule has 2 aliphatic heterocycles. The predicted molar refractivity (Wildman–Crippen MR) is 72.4 cm³/mol. The fourth-order valence-corrected chi connectivity index (χ4v) is 3.13. The number of nitrogens with two attached hydrogens (primary N) is 1. The zero-order valence-corrected chi connectivity index (χ0v) is 10.5. The van der Waals surface area contributed by atoms with Gasteiger partial charge in [0.1, 0.15) is 6.07 Å². The molecule has 1 atom stereocenters. The lowest BCUT2D eigenvalue weighted by molar-refractivity contribution is 0.231. The molecule has 0 bridgehead atoms. The van der Waals surface area contributed by atoms with Crippen molar-refractivity contribution in [3.8, 4) is 6.07 Å². The predicted octanol–water partition coefficient (Wildman–Crippen LogP) is 1.42. The highest BCUT2D eigenvalue weighted by atomic mass is 15.3. The van der Waals surface area contributed by atoms with E-state index in [4.69, 9.17) is 5.73 Å². The number of nitrogens with zero attached hydrogens (tertiary/aromatic N) is 3. The van der Waals surface area contributed by atoms with Crippen molar-refractivity contribution in [1.29, 1.82) is 5.26 Å². The number of nitrogen functional groups attached to an aromatic ring is 1. The number of anilines is 2. The van der Waals surface area contributed by atoms with Crippen LogP contribution < -0.4 is 10.6 Å². The normalized spacial score (nSPS) is 23.7. The fourth-order valence-electron chi connectivity index (χ4n) is 3.13. The Labute approximate surface area is 108 Å². The molecule has 2 N–H and O–H groups in total. The average Bonchev–Trinajstić information content (AvgIpc) is 2.85. The minimum Gasteiger partial charge on any atom is -0.399 e. The zero-order chi connectivity index (χ0) is 12.5. The van der Waals surface area contributed by atoms with Gasteiger partial charge < -0.3 is 10.6 Å². The van der Waals surface area contributed by atoms with E-state index in [-0.39, 0.29) is 0 Å². The third-order valence-electron chi connectivity index (χ3n) is 4.07. The topological polar surface area (TPSA) is 56.3 Å². The van der Waals surface area contributed by atoms with Crippen LogP contribution in [0.25, 0.3) is 0 Å². The van der Waals surface area contributed by atoms with Crippen LogP contribution in [0.5, 0.6) is 0 Å². The molecule has 0 amide bonds. The van der Waals surface area contributed by atoms with Crippen molar-refractivity contribution >= 4 is 11.4 Å². The molecule has 1 aromatic carbocycles. The molecule has 2 aliphatic rings. The highest BCUT2D eigenvalue weighted by molar-refractivity contribution is 5.64. The Kier molecular flexibility index (Phi) is 2.85. The summed E-state index contributed by atoms with van der Waals surface area (Å²) in [6.07, 6.45) is 2.60. The van der Waals surface area contributed by atoms with Gasteiger partial charge in [0.05, 0.1) is 11.3 Å². The maximum atomic E-state index is 9.22. The summed E-state index contributed by atoms with van der Waals surface area (Å²) in [5.74, 6) is 0. The molecule has 94 valence electrons. The molecule has 2 heterocycles. The molecule has 1 aromatic rings. The van der Waals surface area contributed by atoms with Gasteiger partial charge in [0.25, 0.3) is 0 Å². The van der Waals surface area contributed by atoms with Gasteiger partial charge in [-0.05, 0) is 37.6 Å². The first-order chi connectivity index (χ1) is 8.78. The van der Waals surface area contributed by atoms with Gasteiger partial charge in [-0.15, -0.1) is 0 Å². The van der Waals surface area contributed by atoms with E-state index < -0.39 is 0 Å². The van der Waals surface area contributed by atoms with Crippen LogP contribution in [0.15, 0.2) is 18.2 Å². The summed E-state index contributed by atoms with van der Waals surface area (Å²) in [6.45, 7) is 4.40. The van der Waals surface area contributed by atoms with Gasteiger partial charge in [-0.25, -0.2) is 0 Å².